The van der Waals surface area contributed by atoms with Crippen LogP contribution in [-0.2, 0) is 19.1 Å². The van der Waals surface area contributed by atoms with Crippen LogP contribution in [0.1, 0.15) is 12.8 Å². The van der Waals surface area contributed by atoms with Gasteiger partial charge in [-0.3, -0.25) is 19.7 Å². The minimum Gasteiger partial charge on any atom is -0.504 e. The molecule has 1 saturated heterocycles. The van der Waals surface area contributed by atoms with Crippen LogP contribution in [-0.4, -0.2) is 30.9 Å². The fourth-order valence-corrected chi connectivity index (χ4v) is 1.54. The van der Waals surface area contributed by atoms with Crippen molar-refractivity contribution in [3.05, 3.63) is 36.6 Å². The van der Waals surface area contributed by atoms with E-state index in [4.69, 9.17) is 4.74 Å². The number of piperidine rings is 1. The van der Waals surface area contributed by atoms with Crippen LogP contribution >= 0.6 is 0 Å². The van der Waals surface area contributed by atoms with E-state index in [-0.39, 0.29) is 17.9 Å². The van der Waals surface area contributed by atoms with Crippen molar-refractivity contribution in [2.45, 2.75) is 18.9 Å². The third-order valence-corrected chi connectivity index (χ3v) is 2.46. The van der Waals surface area contributed by atoms with Crippen molar-refractivity contribution in [3.63, 3.8) is 0 Å². The minimum absolute atomic E-state index is 0.211. The summed E-state index contributed by atoms with van der Waals surface area (Å²) in [5, 5.41) is 4.72. The molecule has 1 aliphatic heterocycles. The Labute approximate surface area is 111 Å². The molecule has 0 saturated carbocycles. The molecule has 6 nitrogen and oxygen atoms in total. The standard InChI is InChI=1S/C13H16N2O4/c1-3-4-5-9(8-19-2)12(17)14-10-6-7-11(16)15-13(10)18/h3-5,8,10H,1,6-7H2,2H3,(H,14,17)(H,15,16,18)/b5-4-,9-8?. The normalized spacial score (nSPS) is 20.1. The SMILES string of the molecule is C=C/C=C\C(=COC)C(=O)NC1CCC(=O)NC1=O. The van der Waals surface area contributed by atoms with E-state index in [1.165, 1.54) is 25.5 Å². The van der Waals surface area contributed by atoms with Crippen molar-refractivity contribution in [1.82, 2.24) is 10.6 Å². The number of carbonyl (C=O) groups excluding carboxylic acids is 3. The van der Waals surface area contributed by atoms with Crippen LogP contribution in [0.5, 0.6) is 0 Å². The molecule has 0 aliphatic carbocycles. The first-order valence-electron chi connectivity index (χ1n) is 5.75. The van der Waals surface area contributed by atoms with Crippen LogP contribution in [0.2, 0.25) is 0 Å². The molecule has 2 N–H and O–H groups in total. The van der Waals surface area contributed by atoms with Crippen molar-refractivity contribution in [3.8, 4) is 0 Å². The molecule has 0 bridgehead atoms. The van der Waals surface area contributed by atoms with Crippen molar-refractivity contribution in [2.24, 2.45) is 0 Å². The maximum Gasteiger partial charge on any atom is 0.255 e. The Morgan fingerprint density at radius 3 is 2.84 bits per heavy atom. The van der Waals surface area contributed by atoms with E-state index in [2.05, 4.69) is 17.2 Å². The summed E-state index contributed by atoms with van der Waals surface area (Å²) in [4.78, 5) is 34.4. The number of allylic oxidation sites excluding steroid dienone is 2. The third kappa shape index (κ3) is 4.42. The molecule has 0 spiro atoms. The van der Waals surface area contributed by atoms with E-state index in [1.54, 1.807) is 6.08 Å². The van der Waals surface area contributed by atoms with Gasteiger partial charge in [-0.1, -0.05) is 18.7 Å². The molecule has 1 rings (SSSR count). The topological polar surface area (TPSA) is 84.5 Å². The zero-order valence-corrected chi connectivity index (χ0v) is 10.6. The summed E-state index contributed by atoms with van der Waals surface area (Å²) in [7, 11) is 1.42. The van der Waals surface area contributed by atoms with Gasteiger partial charge in [0, 0.05) is 6.42 Å². The Hall–Kier alpha value is -2.37. The fourth-order valence-electron chi connectivity index (χ4n) is 1.54. The number of methoxy groups -OCH3 is 1. The summed E-state index contributed by atoms with van der Waals surface area (Å²) in [5.74, 6) is -1.27. The van der Waals surface area contributed by atoms with Gasteiger partial charge in [0.05, 0.1) is 18.9 Å². The molecule has 3 amide bonds. The molecule has 1 heterocycles. The van der Waals surface area contributed by atoms with E-state index < -0.39 is 17.9 Å². The molecular weight excluding hydrogens is 248 g/mol. The molecule has 1 fully saturated rings. The second-order valence-electron chi connectivity index (χ2n) is 3.88. The first-order valence-corrected chi connectivity index (χ1v) is 5.75. The van der Waals surface area contributed by atoms with E-state index in [9.17, 15) is 14.4 Å². The lowest BCUT2D eigenvalue weighted by Gasteiger charge is -2.21. The van der Waals surface area contributed by atoms with Gasteiger partial charge in [-0.05, 0) is 12.5 Å². The Morgan fingerprint density at radius 1 is 1.53 bits per heavy atom. The Bertz CT molecular complexity index is 452. The third-order valence-electron chi connectivity index (χ3n) is 2.46. The lowest BCUT2D eigenvalue weighted by molar-refractivity contribution is -0.136. The highest BCUT2D eigenvalue weighted by molar-refractivity contribution is 6.04. The molecule has 19 heavy (non-hydrogen) atoms. The number of ether oxygens (including phenoxy) is 1. The van der Waals surface area contributed by atoms with E-state index >= 15 is 0 Å². The second-order valence-corrected chi connectivity index (χ2v) is 3.88. The number of amides is 3. The van der Waals surface area contributed by atoms with Gasteiger partial charge in [-0.25, -0.2) is 0 Å². The number of hydrogen-bond donors (Lipinski definition) is 2. The smallest absolute Gasteiger partial charge is 0.255 e. The molecular formula is C13H16N2O4. The van der Waals surface area contributed by atoms with E-state index in [1.807, 2.05) is 0 Å². The van der Waals surface area contributed by atoms with Gasteiger partial charge in [0.15, 0.2) is 0 Å². The Balaban J connectivity index is 2.69. The number of carbonyl (C=O) groups is 3. The van der Waals surface area contributed by atoms with Crippen molar-refractivity contribution >= 4 is 17.7 Å². The summed E-state index contributed by atoms with van der Waals surface area (Å²) >= 11 is 0. The number of rotatable bonds is 5. The van der Waals surface area contributed by atoms with Crippen molar-refractivity contribution in [2.75, 3.05) is 7.11 Å². The molecule has 1 aliphatic rings. The molecule has 0 aromatic carbocycles. The van der Waals surface area contributed by atoms with Crippen LogP contribution in [0.3, 0.4) is 0 Å². The van der Waals surface area contributed by atoms with Gasteiger partial charge >= 0.3 is 0 Å². The van der Waals surface area contributed by atoms with Gasteiger partial charge in [-0.15, -0.1) is 0 Å². The maximum atomic E-state index is 11.9. The molecule has 1 atom stereocenters. The zero-order chi connectivity index (χ0) is 14.3. The number of nitrogens with one attached hydrogen (secondary N) is 2. The van der Waals surface area contributed by atoms with Gasteiger partial charge < -0.3 is 10.1 Å². The highest BCUT2D eigenvalue weighted by Crippen LogP contribution is 2.06. The number of imide groups is 1. The Kier molecular flexibility index (Phi) is 5.53. The summed E-state index contributed by atoms with van der Waals surface area (Å²) in [5.41, 5.74) is 0.257. The van der Waals surface area contributed by atoms with Gasteiger partial charge in [-0.2, -0.15) is 0 Å². The average molecular weight is 264 g/mol. The predicted octanol–water partition coefficient (Wildman–Crippen LogP) is 0.180. The van der Waals surface area contributed by atoms with E-state index in [0.717, 1.165) is 0 Å². The largest absolute Gasteiger partial charge is 0.504 e. The van der Waals surface area contributed by atoms with Crippen LogP contribution in [0.4, 0.5) is 0 Å². The summed E-state index contributed by atoms with van der Waals surface area (Å²) in [6, 6.07) is -0.706. The molecule has 0 radical (unpaired) electrons. The maximum absolute atomic E-state index is 11.9. The number of hydrogen-bond acceptors (Lipinski definition) is 4. The summed E-state index contributed by atoms with van der Waals surface area (Å²) in [6.07, 6.45) is 6.38. The van der Waals surface area contributed by atoms with Crippen molar-refractivity contribution < 1.29 is 19.1 Å². The highest BCUT2D eigenvalue weighted by Gasteiger charge is 2.28. The molecule has 0 aromatic heterocycles. The minimum atomic E-state index is -0.706. The highest BCUT2D eigenvalue weighted by atomic mass is 16.5. The Morgan fingerprint density at radius 2 is 2.26 bits per heavy atom. The first kappa shape index (κ1) is 14.7. The average Bonchev–Trinajstić information content (AvgIpc) is 2.37. The molecule has 6 heteroatoms. The van der Waals surface area contributed by atoms with Crippen LogP contribution in [0.25, 0.3) is 0 Å². The van der Waals surface area contributed by atoms with Gasteiger partial charge in [0.1, 0.15) is 6.04 Å². The lowest BCUT2D eigenvalue weighted by atomic mass is 10.1. The fraction of sp³-hybridized carbons (Fsp3) is 0.308. The predicted molar refractivity (Wildman–Crippen MR) is 68.7 cm³/mol. The van der Waals surface area contributed by atoms with Crippen LogP contribution in [0.15, 0.2) is 36.6 Å². The molecule has 102 valence electrons. The van der Waals surface area contributed by atoms with Gasteiger partial charge in [0.2, 0.25) is 11.8 Å². The lowest BCUT2D eigenvalue weighted by Crippen LogP contribution is -2.52. The molecule has 0 aromatic rings. The summed E-state index contributed by atoms with van der Waals surface area (Å²) in [6.45, 7) is 3.50. The quantitative estimate of drug-likeness (QED) is 0.321. The zero-order valence-electron chi connectivity index (χ0n) is 10.6. The second kappa shape index (κ2) is 7.15. The molecule has 1 unspecified atom stereocenters. The van der Waals surface area contributed by atoms with Crippen molar-refractivity contribution in [1.29, 1.82) is 0 Å². The van der Waals surface area contributed by atoms with Crippen LogP contribution in [0, 0.1) is 0 Å². The first-order chi connectivity index (χ1) is 9.08. The van der Waals surface area contributed by atoms with Crippen LogP contribution < -0.4 is 10.6 Å². The van der Waals surface area contributed by atoms with Gasteiger partial charge in [0.25, 0.3) is 5.91 Å². The summed E-state index contributed by atoms with van der Waals surface area (Å²) < 4.78 is 4.79. The monoisotopic (exact) mass is 264 g/mol. The van der Waals surface area contributed by atoms with E-state index in [0.29, 0.717) is 6.42 Å².